The monoisotopic (exact) mass is 385 g/mol. The maximum absolute atomic E-state index is 11.3. The largest absolute Gasteiger partial charge is 0.471 e. The van der Waals surface area contributed by atoms with Crippen LogP contribution >= 0.6 is 7.82 Å². The smallest absolute Gasteiger partial charge is 0.463 e. The Kier molecular flexibility index (Phi) is 7.47. The molecule has 144 valence electrons. The molecule has 25 heavy (non-hydrogen) atoms. The van der Waals surface area contributed by atoms with E-state index in [2.05, 4.69) is 4.52 Å². The minimum Gasteiger partial charge on any atom is -0.463 e. The Morgan fingerprint density at radius 3 is 2.00 bits per heavy atom. The second-order valence-electron chi connectivity index (χ2n) is 5.17. The average molecular weight is 385 g/mol. The van der Waals surface area contributed by atoms with Crippen molar-refractivity contribution in [1.29, 1.82) is 0 Å². The SMILES string of the molecule is CC(=O)OC[C@H]1OC(OP(=O)(O)O)[C@H](N)[C@@H](OC(C)=O)[C@H]1OC(C)=O. The molecule has 0 radical (unpaired) electrons. The summed E-state index contributed by atoms with van der Waals surface area (Å²) in [6, 6.07) is -1.39. The zero-order valence-corrected chi connectivity index (χ0v) is 14.6. The van der Waals surface area contributed by atoms with E-state index in [1.54, 1.807) is 0 Å². The maximum atomic E-state index is 11.3. The van der Waals surface area contributed by atoms with Gasteiger partial charge in [-0.2, -0.15) is 0 Å². The minimum atomic E-state index is -5.01. The number of phosphoric ester groups is 1. The van der Waals surface area contributed by atoms with Gasteiger partial charge >= 0.3 is 25.7 Å². The lowest BCUT2D eigenvalue weighted by Gasteiger charge is -2.43. The first kappa shape index (κ1) is 21.5. The number of phosphoric acid groups is 1. The summed E-state index contributed by atoms with van der Waals surface area (Å²) in [7, 11) is -5.01. The molecule has 0 spiro atoms. The van der Waals surface area contributed by atoms with E-state index in [9.17, 15) is 18.9 Å². The van der Waals surface area contributed by atoms with E-state index in [0.717, 1.165) is 20.8 Å². The molecule has 0 saturated carbocycles. The van der Waals surface area contributed by atoms with Crippen LogP contribution in [0.5, 0.6) is 0 Å². The van der Waals surface area contributed by atoms with Gasteiger partial charge in [0, 0.05) is 20.8 Å². The predicted molar refractivity (Wildman–Crippen MR) is 77.5 cm³/mol. The molecule has 0 aliphatic carbocycles. The van der Waals surface area contributed by atoms with Crippen molar-refractivity contribution in [3.63, 3.8) is 0 Å². The summed E-state index contributed by atoms with van der Waals surface area (Å²) in [4.78, 5) is 51.5. The molecule has 1 unspecified atom stereocenters. The van der Waals surface area contributed by atoms with Gasteiger partial charge in [-0.3, -0.25) is 18.9 Å². The number of rotatable bonds is 6. The number of hydrogen-bond donors (Lipinski definition) is 3. The van der Waals surface area contributed by atoms with Crippen LogP contribution in [0, 0.1) is 0 Å². The van der Waals surface area contributed by atoms with Gasteiger partial charge in [-0.25, -0.2) is 4.57 Å². The number of nitrogens with two attached hydrogens (primary N) is 1. The minimum absolute atomic E-state index is 0.460. The zero-order valence-electron chi connectivity index (χ0n) is 13.7. The fourth-order valence-corrected chi connectivity index (χ4v) is 2.62. The van der Waals surface area contributed by atoms with Gasteiger partial charge in [0.15, 0.2) is 18.5 Å². The van der Waals surface area contributed by atoms with E-state index in [1.165, 1.54) is 0 Å². The predicted octanol–water partition coefficient (Wildman–Crippen LogP) is -1.43. The Balaban J connectivity index is 3.13. The summed E-state index contributed by atoms with van der Waals surface area (Å²) in [5.41, 5.74) is 5.79. The van der Waals surface area contributed by atoms with Crippen LogP contribution in [0.2, 0.25) is 0 Å². The van der Waals surface area contributed by atoms with Gasteiger partial charge in [0.25, 0.3) is 0 Å². The lowest BCUT2D eigenvalue weighted by Crippen LogP contribution is -2.64. The fraction of sp³-hybridized carbons (Fsp3) is 0.750. The van der Waals surface area contributed by atoms with E-state index in [-0.39, 0.29) is 0 Å². The highest BCUT2D eigenvalue weighted by molar-refractivity contribution is 7.46. The molecule has 1 rings (SSSR count). The van der Waals surface area contributed by atoms with Crippen LogP contribution in [0.15, 0.2) is 0 Å². The van der Waals surface area contributed by atoms with Gasteiger partial charge in [0.05, 0.1) is 6.04 Å². The molecule has 13 heteroatoms. The van der Waals surface area contributed by atoms with Gasteiger partial charge in [0.2, 0.25) is 0 Å². The second-order valence-corrected chi connectivity index (χ2v) is 6.36. The van der Waals surface area contributed by atoms with Crippen LogP contribution in [0.4, 0.5) is 0 Å². The van der Waals surface area contributed by atoms with Crippen molar-refractivity contribution in [2.24, 2.45) is 5.73 Å². The zero-order chi connectivity index (χ0) is 19.4. The van der Waals surface area contributed by atoms with Crippen LogP contribution < -0.4 is 5.73 Å². The molecule has 12 nitrogen and oxygen atoms in total. The molecule has 1 aliphatic heterocycles. The van der Waals surface area contributed by atoms with Gasteiger partial charge in [-0.1, -0.05) is 0 Å². The van der Waals surface area contributed by atoms with Crippen LogP contribution in [0.3, 0.4) is 0 Å². The molecule has 1 fully saturated rings. The maximum Gasteiger partial charge on any atom is 0.471 e. The van der Waals surface area contributed by atoms with E-state index in [4.69, 9.17) is 34.5 Å². The number of hydrogen-bond acceptors (Lipinski definition) is 10. The normalized spacial score (nSPS) is 29.6. The molecule has 0 aromatic heterocycles. The molecule has 0 aromatic rings. The van der Waals surface area contributed by atoms with Crippen molar-refractivity contribution in [1.82, 2.24) is 0 Å². The fourth-order valence-electron chi connectivity index (χ4n) is 2.16. The lowest BCUT2D eigenvalue weighted by atomic mass is 9.97. The van der Waals surface area contributed by atoms with Crippen LogP contribution in [-0.2, 0) is 42.4 Å². The van der Waals surface area contributed by atoms with Gasteiger partial charge < -0.3 is 34.5 Å². The molecule has 0 amide bonds. The standard InChI is InChI=1S/C12H20NO11P/c1-5(14)20-4-8-10(21-6(2)15)11(22-7(3)16)9(13)12(23-8)24-25(17,18)19/h8-12H,4,13H2,1-3H3,(H2,17,18,19)/t8-,9-,10+,11-,12?/m1/s1. The number of carbonyl (C=O) groups excluding carboxylic acids is 3. The van der Waals surface area contributed by atoms with Crippen LogP contribution in [0.25, 0.3) is 0 Å². The molecule has 1 heterocycles. The second kappa shape index (κ2) is 8.70. The third kappa shape index (κ3) is 7.06. The van der Waals surface area contributed by atoms with Crippen molar-refractivity contribution < 1.29 is 52.2 Å². The molecule has 1 saturated heterocycles. The van der Waals surface area contributed by atoms with Crippen molar-refractivity contribution in [2.45, 2.75) is 51.4 Å². The summed E-state index contributed by atoms with van der Waals surface area (Å²) in [6.45, 7) is 2.80. The molecule has 0 bridgehead atoms. The van der Waals surface area contributed by atoms with Gasteiger partial charge in [-0.15, -0.1) is 0 Å². The molecular weight excluding hydrogens is 365 g/mol. The van der Waals surface area contributed by atoms with Crippen molar-refractivity contribution >= 4 is 25.7 Å². The van der Waals surface area contributed by atoms with Crippen LogP contribution in [-0.4, -0.2) is 64.9 Å². The Bertz CT molecular complexity index is 561. The Labute approximate surface area is 142 Å². The van der Waals surface area contributed by atoms with E-state index in [1.807, 2.05) is 0 Å². The Hall–Kier alpha value is -1.56. The van der Waals surface area contributed by atoms with Gasteiger partial charge in [-0.05, 0) is 0 Å². The molecule has 1 aliphatic rings. The third-order valence-electron chi connectivity index (χ3n) is 2.99. The van der Waals surface area contributed by atoms with E-state index < -0.39 is 63.0 Å². The highest BCUT2D eigenvalue weighted by Gasteiger charge is 2.50. The highest BCUT2D eigenvalue weighted by atomic mass is 31.2. The first-order valence-corrected chi connectivity index (χ1v) is 8.56. The van der Waals surface area contributed by atoms with E-state index in [0.29, 0.717) is 0 Å². The molecular formula is C12H20NO11P. The summed E-state index contributed by atoms with van der Waals surface area (Å²) in [6.07, 6.45) is -5.59. The first-order chi connectivity index (χ1) is 11.4. The van der Waals surface area contributed by atoms with E-state index >= 15 is 0 Å². The summed E-state index contributed by atoms with van der Waals surface area (Å²) >= 11 is 0. The summed E-state index contributed by atoms with van der Waals surface area (Å²) < 4.78 is 35.6. The molecule has 5 atom stereocenters. The summed E-state index contributed by atoms with van der Waals surface area (Å²) in [5.74, 6) is -2.24. The highest BCUT2D eigenvalue weighted by Crippen LogP contribution is 2.41. The van der Waals surface area contributed by atoms with Crippen molar-refractivity contribution in [3.05, 3.63) is 0 Å². The van der Waals surface area contributed by atoms with Crippen LogP contribution in [0.1, 0.15) is 20.8 Å². The summed E-state index contributed by atoms with van der Waals surface area (Å²) in [5, 5.41) is 0. The molecule has 4 N–H and O–H groups in total. The van der Waals surface area contributed by atoms with Gasteiger partial charge in [0.1, 0.15) is 12.7 Å². The average Bonchev–Trinajstić information content (AvgIpc) is 2.42. The molecule has 0 aromatic carbocycles. The Morgan fingerprint density at radius 2 is 1.56 bits per heavy atom. The van der Waals surface area contributed by atoms with Crippen molar-refractivity contribution in [2.75, 3.05) is 6.61 Å². The Morgan fingerprint density at radius 1 is 1.04 bits per heavy atom. The van der Waals surface area contributed by atoms with Crippen molar-refractivity contribution in [3.8, 4) is 0 Å². The number of carbonyl (C=O) groups is 3. The number of ether oxygens (including phenoxy) is 4. The topological polar surface area (TPSA) is 181 Å². The number of esters is 3. The quantitative estimate of drug-likeness (QED) is 0.276. The third-order valence-corrected chi connectivity index (χ3v) is 3.47. The lowest BCUT2D eigenvalue weighted by molar-refractivity contribution is -0.255. The first-order valence-electron chi connectivity index (χ1n) is 7.03.